The molecule has 3 rings (SSSR count). The quantitative estimate of drug-likeness (QED) is 0.675. The van der Waals surface area contributed by atoms with Crippen molar-refractivity contribution in [2.75, 3.05) is 0 Å². The summed E-state index contributed by atoms with van der Waals surface area (Å²) in [5.41, 5.74) is 5.18. The van der Waals surface area contributed by atoms with Gasteiger partial charge in [0.1, 0.15) is 6.29 Å². The number of benzene rings is 2. The Morgan fingerprint density at radius 2 is 1.90 bits per heavy atom. The van der Waals surface area contributed by atoms with Crippen LogP contribution in [0.1, 0.15) is 15.9 Å². The zero-order chi connectivity index (χ0) is 13.9. The third-order valence-electron chi connectivity index (χ3n) is 3.37. The summed E-state index contributed by atoms with van der Waals surface area (Å²) in [5.74, 6) is 0. The highest BCUT2D eigenvalue weighted by molar-refractivity contribution is 5.78. The average molecular weight is 262 g/mol. The van der Waals surface area contributed by atoms with Crippen LogP contribution in [0, 0.1) is 6.92 Å². The molecule has 0 radical (unpaired) electrons. The maximum atomic E-state index is 10.8. The van der Waals surface area contributed by atoms with Crippen LogP contribution in [0.3, 0.4) is 0 Å². The van der Waals surface area contributed by atoms with Crippen molar-refractivity contribution in [2.45, 2.75) is 6.92 Å². The maximum Gasteiger partial charge on any atom is 0.150 e. The normalized spacial score (nSPS) is 10.4. The van der Waals surface area contributed by atoms with Gasteiger partial charge in [0.25, 0.3) is 0 Å². The van der Waals surface area contributed by atoms with E-state index in [1.807, 2.05) is 35.9 Å². The molecule has 0 aliphatic carbocycles. The number of aldehydes is 1. The number of nitrogens with zero attached hydrogens (tertiary/aromatic N) is 2. The van der Waals surface area contributed by atoms with Crippen LogP contribution in [0.25, 0.3) is 16.8 Å². The van der Waals surface area contributed by atoms with Gasteiger partial charge < -0.3 is 4.57 Å². The van der Waals surface area contributed by atoms with Gasteiger partial charge in [-0.3, -0.25) is 4.79 Å². The van der Waals surface area contributed by atoms with Crippen LogP contribution in [0.4, 0.5) is 0 Å². The third-order valence-corrected chi connectivity index (χ3v) is 3.37. The molecule has 0 spiro atoms. The van der Waals surface area contributed by atoms with E-state index in [9.17, 15) is 4.79 Å². The lowest BCUT2D eigenvalue weighted by Gasteiger charge is -2.08. The number of aromatic nitrogens is 2. The molecule has 0 unspecified atom stereocenters. The van der Waals surface area contributed by atoms with Crippen LogP contribution in [0.15, 0.2) is 61.2 Å². The second kappa shape index (κ2) is 5.13. The van der Waals surface area contributed by atoms with Gasteiger partial charge in [-0.2, -0.15) is 0 Å². The Morgan fingerprint density at radius 3 is 2.50 bits per heavy atom. The van der Waals surface area contributed by atoms with E-state index in [-0.39, 0.29) is 0 Å². The molecular weight excluding hydrogens is 248 g/mol. The Bertz CT molecular complexity index is 728. The molecule has 1 aromatic heterocycles. The van der Waals surface area contributed by atoms with Crippen LogP contribution in [0.5, 0.6) is 0 Å². The molecule has 1 heterocycles. The molecule has 20 heavy (non-hydrogen) atoms. The number of imidazole rings is 1. The van der Waals surface area contributed by atoms with Gasteiger partial charge in [-0.15, -0.1) is 0 Å². The zero-order valence-electron chi connectivity index (χ0n) is 11.2. The van der Waals surface area contributed by atoms with E-state index in [1.54, 1.807) is 12.5 Å². The van der Waals surface area contributed by atoms with E-state index in [2.05, 4.69) is 29.2 Å². The van der Waals surface area contributed by atoms with E-state index in [1.165, 1.54) is 0 Å². The van der Waals surface area contributed by atoms with Crippen LogP contribution >= 0.6 is 0 Å². The van der Waals surface area contributed by atoms with E-state index < -0.39 is 0 Å². The highest BCUT2D eigenvalue weighted by Gasteiger charge is 2.03. The van der Waals surface area contributed by atoms with Crippen molar-refractivity contribution in [3.05, 3.63) is 72.3 Å². The number of hydrogen-bond donors (Lipinski definition) is 0. The summed E-state index contributed by atoms with van der Waals surface area (Å²) in [6.45, 7) is 2.02. The molecular formula is C17H14N2O. The Kier molecular flexibility index (Phi) is 3.17. The predicted molar refractivity (Wildman–Crippen MR) is 79.1 cm³/mol. The summed E-state index contributed by atoms with van der Waals surface area (Å²) >= 11 is 0. The number of rotatable bonds is 3. The van der Waals surface area contributed by atoms with Crippen molar-refractivity contribution in [2.24, 2.45) is 0 Å². The van der Waals surface area contributed by atoms with Gasteiger partial charge in [0.05, 0.1) is 6.33 Å². The Labute approximate surface area is 117 Å². The van der Waals surface area contributed by atoms with Gasteiger partial charge in [0.15, 0.2) is 0 Å². The van der Waals surface area contributed by atoms with Crippen molar-refractivity contribution in [3.8, 4) is 16.8 Å². The SMILES string of the molecule is Cc1cc(C=O)ccc1-c1ccc(-n2ccnc2)cc1. The molecule has 2 aromatic carbocycles. The number of hydrogen-bond acceptors (Lipinski definition) is 2. The third kappa shape index (κ3) is 2.26. The van der Waals surface area contributed by atoms with E-state index in [0.717, 1.165) is 28.7 Å². The van der Waals surface area contributed by atoms with Crippen molar-refractivity contribution in [1.82, 2.24) is 9.55 Å². The molecule has 0 fully saturated rings. The molecule has 0 aliphatic heterocycles. The largest absolute Gasteiger partial charge is 0.306 e. The second-order valence-electron chi connectivity index (χ2n) is 4.71. The fourth-order valence-corrected chi connectivity index (χ4v) is 2.31. The Morgan fingerprint density at radius 1 is 1.10 bits per heavy atom. The lowest BCUT2D eigenvalue weighted by molar-refractivity contribution is 0.112. The minimum Gasteiger partial charge on any atom is -0.306 e. The second-order valence-corrected chi connectivity index (χ2v) is 4.71. The van der Waals surface area contributed by atoms with Gasteiger partial charge in [0.2, 0.25) is 0 Å². The molecule has 0 N–H and O–H groups in total. The Balaban J connectivity index is 1.97. The number of aryl methyl sites for hydroxylation is 1. The lowest BCUT2D eigenvalue weighted by Crippen LogP contribution is -1.91. The summed E-state index contributed by atoms with van der Waals surface area (Å²) < 4.78 is 1.96. The summed E-state index contributed by atoms with van der Waals surface area (Å²) in [5, 5.41) is 0. The fourth-order valence-electron chi connectivity index (χ4n) is 2.31. The van der Waals surface area contributed by atoms with Crippen LogP contribution in [-0.2, 0) is 0 Å². The van der Waals surface area contributed by atoms with Crippen molar-refractivity contribution in [1.29, 1.82) is 0 Å². The monoisotopic (exact) mass is 262 g/mol. The van der Waals surface area contributed by atoms with Gasteiger partial charge >= 0.3 is 0 Å². The molecule has 3 aromatic rings. The van der Waals surface area contributed by atoms with Gasteiger partial charge in [-0.05, 0) is 41.8 Å². The first kappa shape index (κ1) is 12.4. The van der Waals surface area contributed by atoms with Gasteiger partial charge in [-0.25, -0.2) is 4.98 Å². The zero-order valence-corrected chi connectivity index (χ0v) is 11.2. The molecule has 0 saturated heterocycles. The smallest absolute Gasteiger partial charge is 0.150 e. The average Bonchev–Trinajstić information content (AvgIpc) is 3.01. The first-order chi connectivity index (χ1) is 9.78. The summed E-state index contributed by atoms with van der Waals surface area (Å²) in [4.78, 5) is 14.8. The van der Waals surface area contributed by atoms with E-state index in [0.29, 0.717) is 5.56 Å². The van der Waals surface area contributed by atoms with Crippen LogP contribution in [-0.4, -0.2) is 15.8 Å². The molecule has 0 saturated carbocycles. The predicted octanol–water partition coefficient (Wildman–Crippen LogP) is 3.66. The highest BCUT2D eigenvalue weighted by atomic mass is 16.1. The number of carbonyl (C=O) groups excluding carboxylic acids is 1. The minimum absolute atomic E-state index is 0.710. The van der Waals surface area contributed by atoms with Gasteiger partial charge in [0, 0.05) is 23.6 Å². The van der Waals surface area contributed by atoms with E-state index in [4.69, 9.17) is 0 Å². The summed E-state index contributed by atoms with van der Waals surface area (Å²) in [6.07, 6.45) is 6.33. The highest BCUT2D eigenvalue weighted by Crippen LogP contribution is 2.25. The maximum absolute atomic E-state index is 10.8. The first-order valence-corrected chi connectivity index (χ1v) is 6.42. The van der Waals surface area contributed by atoms with Crippen molar-refractivity contribution < 1.29 is 4.79 Å². The van der Waals surface area contributed by atoms with Crippen molar-refractivity contribution in [3.63, 3.8) is 0 Å². The molecule has 0 bridgehead atoms. The lowest BCUT2D eigenvalue weighted by atomic mass is 9.98. The molecule has 98 valence electrons. The first-order valence-electron chi connectivity index (χ1n) is 6.42. The van der Waals surface area contributed by atoms with E-state index >= 15 is 0 Å². The molecule has 3 nitrogen and oxygen atoms in total. The topological polar surface area (TPSA) is 34.9 Å². The number of carbonyl (C=O) groups is 1. The Hall–Kier alpha value is -2.68. The summed E-state index contributed by atoms with van der Waals surface area (Å²) in [7, 11) is 0. The molecule has 0 atom stereocenters. The standard InChI is InChI=1S/C17H14N2O/c1-13-10-14(11-20)2-7-17(13)15-3-5-16(6-4-15)19-9-8-18-12-19/h2-12H,1H3. The van der Waals surface area contributed by atoms with Crippen LogP contribution < -0.4 is 0 Å². The van der Waals surface area contributed by atoms with Gasteiger partial charge in [-0.1, -0.05) is 24.3 Å². The molecule has 0 aliphatic rings. The minimum atomic E-state index is 0.710. The fraction of sp³-hybridized carbons (Fsp3) is 0.0588. The molecule has 3 heteroatoms. The summed E-state index contributed by atoms with van der Waals surface area (Å²) in [6, 6.07) is 14.0. The van der Waals surface area contributed by atoms with Crippen molar-refractivity contribution >= 4 is 6.29 Å². The van der Waals surface area contributed by atoms with Crippen LogP contribution in [0.2, 0.25) is 0 Å². The molecule has 0 amide bonds.